The summed E-state index contributed by atoms with van der Waals surface area (Å²) in [5, 5.41) is 10.8. The van der Waals surface area contributed by atoms with Gasteiger partial charge in [0.15, 0.2) is 0 Å². The van der Waals surface area contributed by atoms with Gasteiger partial charge in [-0.1, -0.05) is 0 Å². The molecular formula is C18H16FN5O4. The maximum Gasteiger partial charge on any atom is 0.415 e. The molecule has 5 rings (SSSR count). The van der Waals surface area contributed by atoms with Crippen LogP contribution in [0.4, 0.5) is 10.2 Å². The van der Waals surface area contributed by atoms with Gasteiger partial charge in [-0.05, 0) is 36.1 Å². The predicted octanol–water partition coefficient (Wildman–Crippen LogP) is 2.75. The van der Waals surface area contributed by atoms with Crippen LogP contribution in [0.2, 0.25) is 0 Å². The molecule has 1 aromatic carbocycles. The number of nitrogens with zero attached hydrogens (tertiary/aromatic N) is 5. The van der Waals surface area contributed by atoms with E-state index >= 15 is 0 Å². The second-order valence-corrected chi connectivity index (χ2v) is 7.36. The molecule has 0 amide bonds. The summed E-state index contributed by atoms with van der Waals surface area (Å²) >= 11 is 0. The van der Waals surface area contributed by atoms with Crippen molar-refractivity contribution in [3.05, 3.63) is 57.8 Å². The molecule has 144 valence electrons. The third-order valence-electron chi connectivity index (χ3n) is 4.92. The summed E-state index contributed by atoms with van der Waals surface area (Å²) in [6.07, 6.45) is 1.39. The number of imidazole rings is 1. The zero-order chi connectivity index (χ0) is 19.5. The predicted molar refractivity (Wildman–Crippen MR) is 93.9 cm³/mol. The minimum absolute atomic E-state index is 0.213. The van der Waals surface area contributed by atoms with Crippen LogP contribution in [0.25, 0.3) is 11.5 Å². The van der Waals surface area contributed by atoms with Gasteiger partial charge in [0.05, 0.1) is 18.8 Å². The highest BCUT2D eigenvalue weighted by Crippen LogP contribution is 2.34. The van der Waals surface area contributed by atoms with E-state index in [0.29, 0.717) is 32.1 Å². The normalized spacial score (nSPS) is 20.8. The van der Waals surface area contributed by atoms with Gasteiger partial charge in [0, 0.05) is 23.6 Å². The number of hydrogen-bond acceptors (Lipinski definition) is 7. The van der Waals surface area contributed by atoms with Gasteiger partial charge in [0.25, 0.3) is 0 Å². The number of oxazole rings is 1. The third-order valence-corrected chi connectivity index (χ3v) is 4.92. The molecule has 4 heterocycles. The van der Waals surface area contributed by atoms with Gasteiger partial charge in [-0.15, -0.1) is 0 Å². The molecule has 0 saturated heterocycles. The molecule has 10 heteroatoms. The van der Waals surface area contributed by atoms with Crippen LogP contribution in [0.15, 0.2) is 34.9 Å². The lowest BCUT2D eigenvalue weighted by atomic mass is 10.1. The van der Waals surface area contributed by atoms with Crippen molar-refractivity contribution < 1.29 is 18.5 Å². The van der Waals surface area contributed by atoms with E-state index in [-0.39, 0.29) is 17.6 Å². The average Bonchev–Trinajstić information content (AvgIpc) is 3.33. The average molecular weight is 385 g/mol. The Morgan fingerprint density at radius 3 is 2.75 bits per heavy atom. The van der Waals surface area contributed by atoms with Crippen LogP contribution in [-0.4, -0.2) is 36.5 Å². The van der Waals surface area contributed by atoms with Crippen molar-refractivity contribution in [1.82, 2.24) is 19.4 Å². The topological polar surface area (TPSA) is 99.5 Å². The smallest absolute Gasteiger partial charge is 0.415 e. The van der Waals surface area contributed by atoms with Crippen LogP contribution < -0.4 is 4.74 Å². The van der Waals surface area contributed by atoms with E-state index in [4.69, 9.17) is 9.15 Å². The van der Waals surface area contributed by atoms with Gasteiger partial charge < -0.3 is 19.3 Å². The van der Waals surface area contributed by atoms with E-state index in [9.17, 15) is 14.5 Å². The summed E-state index contributed by atoms with van der Waals surface area (Å²) in [4.78, 5) is 20.9. The Labute approximate surface area is 158 Å². The molecule has 0 bridgehead atoms. The number of nitro groups is 1. The zero-order valence-corrected chi connectivity index (χ0v) is 15.0. The largest absolute Gasteiger partial charge is 0.439 e. The molecule has 3 aromatic rings. The van der Waals surface area contributed by atoms with E-state index in [1.807, 2.05) is 6.92 Å². The van der Waals surface area contributed by atoms with Crippen LogP contribution in [0, 0.1) is 15.9 Å². The summed E-state index contributed by atoms with van der Waals surface area (Å²) in [7, 11) is 0. The molecule has 28 heavy (non-hydrogen) atoms. The second-order valence-electron chi connectivity index (χ2n) is 7.36. The van der Waals surface area contributed by atoms with E-state index in [0.717, 1.165) is 17.0 Å². The number of aromatic nitrogens is 3. The fraction of sp³-hybridized carbons (Fsp3) is 0.333. The molecule has 0 radical (unpaired) electrons. The molecule has 0 aliphatic carbocycles. The Kier molecular flexibility index (Phi) is 3.53. The van der Waals surface area contributed by atoms with Gasteiger partial charge in [0.1, 0.15) is 23.4 Å². The summed E-state index contributed by atoms with van der Waals surface area (Å²) in [5.41, 5.74) is 1.05. The Morgan fingerprint density at radius 2 is 2.07 bits per heavy atom. The van der Waals surface area contributed by atoms with Crippen molar-refractivity contribution in [2.45, 2.75) is 32.2 Å². The lowest BCUT2D eigenvalue weighted by molar-refractivity contribution is -0.389. The van der Waals surface area contributed by atoms with E-state index < -0.39 is 10.5 Å². The van der Waals surface area contributed by atoms with E-state index in [2.05, 4.69) is 14.9 Å². The lowest BCUT2D eigenvalue weighted by Crippen LogP contribution is -2.43. The van der Waals surface area contributed by atoms with Gasteiger partial charge in [0.2, 0.25) is 5.89 Å². The Bertz CT molecular complexity index is 1030. The van der Waals surface area contributed by atoms with Crippen molar-refractivity contribution >= 4 is 5.82 Å². The van der Waals surface area contributed by atoms with Crippen molar-refractivity contribution in [2.24, 2.45) is 0 Å². The van der Waals surface area contributed by atoms with Gasteiger partial charge in [-0.2, -0.15) is 0 Å². The van der Waals surface area contributed by atoms with E-state index in [1.54, 1.807) is 16.7 Å². The number of ether oxygens (including phenoxy) is 1. The standard InChI is InChI=1S/C18H16FN5O4/c1-18(10-23-8-15(24(25)26)21-17(23)28-18)9-22-6-13-14(7-22)27-16(20-13)11-2-4-12(19)5-3-11/h2-5,8H,6-7,9-10H2,1H3/t18-/m0/s1. The lowest BCUT2D eigenvalue weighted by Gasteiger charge is -2.27. The minimum atomic E-state index is -0.541. The summed E-state index contributed by atoms with van der Waals surface area (Å²) in [6.45, 7) is 4.23. The highest BCUT2D eigenvalue weighted by molar-refractivity contribution is 5.53. The molecule has 0 unspecified atom stereocenters. The minimum Gasteiger partial charge on any atom is -0.439 e. The first-order valence-electron chi connectivity index (χ1n) is 8.76. The molecule has 2 aliphatic heterocycles. The van der Waals surface area contributed by atoms with Crippen LogP contribution in [0.3, 0.4) is 0 Å². The van der Waals surface area contributed by atoms with E-state index in [1.165, 1.54) is 18.3 Å². The first-order chi connectivity index (χ1) is 13.4. The summed E-state index contributed by atoms with van der Waals surface area (Å²) in [6, 6.07) is 6.30. The maximum absolute atomic E-state index is 13.1. The SMILES string of the molecule is C[C@]1(CN2Cc3nc(-c4ccc(F)cc4)oc3C2)Cn2cc([N+](=O)[O-])nc2O1. The summed E-state index contributed by atoms with van der Waals surface area (Å²) in [5.74, 6) is 0.758. The maximum atomic E-state index is 13.1. The number of hydrogen-bond donors (Lipinski definition) is 0. The molecule has 0 N–H and O–H groups in total. The number of halogens is 1. The zero-order valence-electron chi connectivity index (χ0n) is 15.0. The molecule has 0 fully saturated rings. The number of fused-ring (bicyclic) bond motifs is 2. The van der Waals surface area contributed by atoms with Gasteiger partial charge in [-0.3, -0.25) is 9.47 Å². The molecule has 0 saturated carbocycles. The van der Waals surface area contributed by atoms with Crippen LogP contribution in [-0.2, 0) is 19.6 Å². The first kappa shape index (κ1) is 16.9. The fourth-order valence-corrected chi connectivity index (χ4v) is 3.77. The van der Waals surface area contributed by atoms with Crippen molar-refractivity contribution in [3.8, 4) is 17.5 Å². The van der Waals surface area contributed by atoms with Gasteiger partial charge >= 0.3 is 11.8 Å². The second kappa shape index (κ2) is 5.86. The Morgan fingerprint density at radius 1 is 1.29 bits per heavy atom. The Balaban J connectivity index is 1.26. The fourth-order valence-electron chi connectivity index (χ4n) is 3.77. The molecular weight excluding hydrogens is 369 g/mol. The van der Waals surface area contributed by atoms with Crippen molar-refractivity contribution in [3.63, 3.8) is 0 Å². The monoisotopic (exact) mass is 385 g/mol. The van der Waals surface area contributed by atoms with Crippen molar-refractivity contribution in [2.75, 3.05) is 6.54 Å². The quantitative estimate of drug-likeness (QED) is 0.503. The highest BCUT2D eigenvalue weighted by atomic mass is 19.1. The molecule has 9 nitrogen and oxygen atoms in total. The molecule has 1 atom stereocenters. The van der Waals surface area contributed by atoms with Crippen LogP contribution in [0.5, 0.6) is 6.01 Å². The highest BCUT2D eigenvalue weighted by Gasteiger charge is 2.42. The first-order valence-corrected chi connectivity index (χ1v) is 8.76. The van der Waals surface area contributed by atoms with Gasteiger partial charge in [-0.25, -0.2) is 9.37 Å². The van der Waals surface area contributed by atoms with Crippen LogP contribution in [0.1, 0.15) is 18.4 Å². The Hall–Kier alpha value is -3.27. The molecule has 2 aromatic heterocycles. The molecule has 2 aliphatic rings. The third kappa shape index (κ3) is 2.82. The van der Waals surface area contributed by atoms with Crippen LogP contribution >= 0.6 is 0 Å². The summed E-state index contributed by atoms with van der Waals surface area (Å²) < 4.78 is 26.5. The number of benzene rings is 1. The number of rotatable bonds is 4. The van der Waals surface area contributed by atoms with Crippen molar-refractivity contribution in [1.29, 1.82) is 0 Å². The molecule has 0 spiro atoms.